The van der Waals surface area contributed by atoms with E-state index in [1.165, 1.54) is 10.2 Å². The third-order valence-corrected chi connectivity index (χ3v) is 7.78. The molecule has 0 spiro atoms. The van der Waals surface area contributed by atoms with Crippen LogP contribution in [0.15, 0.2) is 47.3 Å². The lowest BCUT2D eigenvalue weighted by Crippen LogP contribution is -2.50. The number of carbonyl (C=O) groups is 1. The van der Waals surface area contributed by atoms with E-state index in [1.54, 1.807) is 6.07 Å². The summed E-state index contributed by atoms with van der Waals surface area (Å²) >= 11 is 0. The van der Waals surface area contributed by atoms with Crippen LogP contribution >= 0.6 is 0 Å². The van der Waals surface area contributed by atoms with Gasteiger partial charge in [0.1, 0.15) is 5.52 Å². The van der Waals surface area contributed by atoms with Crippen LogP contribution in [0.2, 0.25) is 0 Å². The molecule has 3 aromatic rings. The number of ether oxygens (including phenoxy) is 2. The minimum Gasteiger partial charge on any atom is -0.454 e. The maximum Gasteiger partial charge on any atom is 0.277 e. The van der Waals surface area contributed by atoms with Gasteiger partial charge in [0, 0.05) is 45.2 Å². The summed E-state index contributed by atoms with van der Waals surface area (Å²) in [5.41, 5.74) is 1.74. The molecule has 1 aromatic heterocycles. The highest BCUT2D eigenvalue weighted by atomic mass is 16.7. The quantitative estimate of drug-likeness (QED) is 0.544. The molecule has 0 unspecified atom stereocenters. The van der Waals surface area contributed by atoms with Gasteiger partial charge in [0.25, 0.3) is 5.56 Å². The third kappa shape index (κ3) is 4.67. The molecule has 1 aliphatic carbocycles. The van der Waals surface area contributed by atoms with E-state index in [4.69, 9.17) is 9.47 Å². The molecule has 3 aliphatic rings. The summed E-state index contributed by atoms with van der Waals surface area (Å²) in [4.78, 5) is 30.4. The number of fused-ring (bicyclic) bond motifs is 2. The highest BCUT2D eigenvalue weighted by molar-refractivity contribution is 5.79. The normalized spacial score (nSPS) is 22.2. The Kier molecular flexibility index (Phi) is 6.31. The molecule has 0 bridgehead atoms. The van der Waals surface area contributed by atoms with E-state index in [1.807, 2.05) is 29.2 Å². The van der Waals surface area contributed by atoms with Gasteiger partial charge < -0.3 is 14.4 Å². The molecule has 9 nitrogen and oxygen atoms in total. The third-order valence-electron chi connectivity index (χ3n) is 7.78. The van der Waals surface area contributed by atoms with Crippen molar-refractivity contribution < 1.29 is 14.3 Å². The Morgan fingerprint density at radius 3 is 2.56 bits per heavy atom. The zero-order valence-corrected chi connectivity index (χ0v) is 20.3. The van der Waals surface area contributed by atoms with Gasteiger partial charge >= 0.3 is 0 Å². The van der Waals surface area contributed by atoms with Crippen molar-refractivity contribution >= 4 is 16.8 Å². The number of benzene rings is 2. The molecule has 2 aliphatic heterocycles. The number of rotatable bonds is 5. The summed E-state index contributed by atoms with van der Waals surface area (Å²) in [6.45, 7) is 4.99. The average molecular weight is 490 g/mol. The standard InChI is InChI=1S/C27H31N5O4/c33-26(31-13-11-30(12-14-31)16-20-7-10-24-25(15-20)36-18-35-24)21-8-5-19(6-9-21)17-32-27(34)22-3-1-2-4-23(22)28-29-32/h1-4,7,10,15,19,21H,5-6,8-9,11-14,16-18H2. The number of hydrogen-bond acceptors (Lipinski definition) is 7. The van der Waals surface area contributed by atoms with Crippen LogP contribution in [0, 0.1) is 11.8 Å². The van der Waals surface area contributed by atoms with E-state index in [9.17, 15) is 9.59 Å². The van der Waals surface area contributed by atoms with Crippen LogP contribution in [0.1, 0.15) is 31.2 Å². The zero-order valence-electron chi connectivity index (χ0n) is 20.3. The van der Waals surface area contributed by atoms with Crippen LogP contribution in [0.4, 0.5) is 0 Å². The summed E-state index contributed by atoms with van der Waals surface area (Å²) in [6.07, 6.45) is 3.61. The summed E-state index contributed by atoms with van der Waals surface area (Å²) in [5, 5.41) is 8.94. The number of aromatic nitrogens is 3. The lowest BCUT2D eigenvalue weighted by molar-refractivity contribution is -0.138. The van der Waals surface area contributed by atoms with Gasteiger partial charge in [-0.3, -0.25) is 14.5 Å². The first kappa shape index (κ1) is 23.0. The highest BCUT2D eigenvalue weighted by Crippen LogP contribution is 2.33. The van der Waals surface area contributed by atoms with Crippen molar-refractivity contribution in [2.45, 2.75) is 38.8 Å². The van der Waals surface area contributed by atoms with E-state index >= 15 is 0 Å². The second-order valence-corrected chi connectivity index (χ2v) is 10.1. The van der Waals surface area contributed by atoms with Crippen molar-refractivity contribution in [2.75, 3.05) is 33.0 Å². The van der Waals surface area contributed by atoms with Gasteiger partial charge in [0.05, 0.1) is 5.39 Å². The molecular formula is C27H31N5O4. The fraction of sp³-hybridized carbons (Fsp3) is 0.481. The maximum atomic E-state index is 13.2. The molecule has 3 heterocycles. The van der Waals surface area contributed by atoms with Gasteiger partial charge in [-0.2, -0.15) is 0 Å². The van der Waals surface area contributed by atoms with Gasteiger partial charge in [-0.1, -0.05) is 23.4 Å². The molecule has 0 atom stereocenters. The van der Waals surface area contributed by atoms with Crippen molar-refractivity contribution in [3.63, 3.8) is 0 Å². The fourth-order valence-corrected chi connectivity index (χ4v) is 5.66. The average Bonchev–Trinajstić information content (AvgIpc) is 3.39. The Hall–Kier alpha value is -3.46. The number of piperazine rings is 1. The topological polar surface area (TPSA) is 89.8 Å². The molecular weight excluding hydrogens is 458 g/mol. The molecule has 1 amide bonds. The molecule has 9 heteroatoms. The van der Waals surface area contributed by atoms with Crippen molar-refractivity contribution in [1.82, 2.24) is 24.8 Å². The first-order chi connectivity index (χ1) is 17.6. The Labute approximate surface area is 209 Å². The second kappa shape index (κ2) is 9.89. The Bertz CT molecular complexity index is 1310. The Morgan fingerprint density at radius 2 is 1.72 bits per heavy atom. The number of nitrogens with zero attached hydrogens (tertiary/aromatic N) is 5. The molecule has 2 fully saturated rings. The van der Waals surface area contributed by atoms with Crippen LogP contribution in [0.5, 0.6) is 11.5 Å². The van der Waals surface area contributed by atoms with Crippen molar-refractivity contribution in [1.29, 1.82) is 0 Å². The molecule has 6 rings (SSSR count). The number of hydrogen-bond donors (Lipinski definition) is 0. The van der Waals surface area contributed by atoms with E-state index in [0.29, 0.717) is 29.3 Å². The monoisotopic (exact) mass is 489 g/mol. The molecule has 188 valence electrons. The molecule has 1 saturated heterocycles. The first-order valence-electron chi connectivity index (χ1n) is 12.9. The van der Waals surface area contributed by atoms with Crippen molar-refractivity contribution in [3.8, 4) is 11.5 Å². The van der Waals surface area contributed by atoms with Crippen LogP contribution in [-0.2, 0) is 17.9 Å². The summed E-state index contributed by atoms with van der Waals surface area (Å²) in [6, 6.07) is 13.4. The lowest BCUT2D eigenvalue weighted by Gasteiger charge is -2.38. The van der Waals surface area contributed by atoms with Crippen molar-refractivity contribution in [2.24, 2.45) is 11.8 Å². The van der Waals surface area contributed by atoms with E-state index in [2.05, 4.69) is 27.3 Å². The van der Waals surface area contributed by atoms with E-state index in [0.717, 1.165) is 69.9 Å². The maximum absolute atomic E-state index is 13.2. The Morgan fingerprint density at radius 1 is 0.944 bits per heavy atom. The predicted molar refractivity (Wildman–Crippen MR) is 134 cm³/mol. The van der Waals surface area contributed by atoms with Crippen molar-refractivity contribution in [3.05, 3.63) is 58.4 Å². The smallest absolute Gasteiger partial charge is 0.277 e. The summed E-state index contributed by atoms with van der Waals surface area (Å²) in [5.74, 6) is 2.34. The van der Waals surface area contributed by atoms with Crippen LogP contribution in [-0.4, -0.2) is 63.7 Å². The van der Waals surface area contributed by atoms with Gasteiger partial charge in [-0.05, 0) is 61.4 Å². The molecule has 36 heavy (non-hydrogen) atoms. The molecule has 0 N–H and O–H groups in total. The fourth-order valence-electron chi connectivity index (χ4n) is 5.66. The predicted octanol–water partition coefficient (Wildman–Crippen LogP) is 2.67. The summed E-state index contributed by atoms with van der Waals surface area (Å²) in [7, 11) is 0. The zero-order chi connectivity index (χ0) is 24.5. The summed E-state index contributed by atoms with van der Waals surface area (Å²) < 4.78 is 12.4. The molecule has 0 radical (unpaired) electrons. The van der Waals surface area contributed by atoms with Crippen LogP contribution in [0.3, 0.4) is 0 Å². The number of carbonyl (C=O) groups excluding carboxylic acids is 1. The molecule has 2 aromatic carbocycles. The van der Waals surface area contributed by atoms with Gasteiger partial charge in [-0.25, -0.2) is 4.68 Å². The first-order valence-corrected chi connectivity index (χ1v) is 12.9. The van der Waals surface area contributed by atoms with Gasteiger partial charge in [-0.15, -0.1) is 5.10 Å². The van der Waals surface area contributed by atoms with Gasteiger partial charge in [0.15, 0.2) is 11.5 Å². The number of amides is 1. The SMILES string of the molecule is O=C(C1CCC(Cn2nnc3ccccc3c2=O)CC1)N1CCN(Cc2ccc3c(c2)OCO3)CC1. The minimum absolute atomic E-state index is 0.0843. The Balaban J connectivity index is 0.982. The highest BCUT2D eigenvalue weighted by Gasteiger charge is 2.31. The minimum atomic E-state index is -0.0857. The van der Waals surface area contributed by atoms with Gasteiger partial charge in [0.2, 0.25) is 12.7 Å². The van der Waals surface area contributed by atoms with E-state index < -0.39 is 0 Å². The largest absolute Gasteiger partial charge is 0.454 e. The van der Waals surface area contributed by atoms with Crippen LogP contribution < -0.4 is 15.0 Å². The second-order valence-electron chi connectivity index (χ2n) is 10.1. The van der Waals surface area contributed by atoms with Crippen LogP contribution in [0.25, 0.3) is 10.9 Å². The lowest BCUT2D eigenvalue weighted by atomic mass is 9.81. The van der Waals surface area contributed by atoms with E-state index in [-0.39, 0.29) is 18.3 Å². The molecule has 1 saturated carbocycles.